The van der Waals surface area contributed by atoms with Gasteiger partial charge in [0, 0.05) is 18.9 Å². The molecular formula is C12H23NO. The minimum Gasteiger partial charge on any atom is -0.327 e. The third-order valence-electron chi connectivity index (χ3n) is 3.36. The van der Waals surface area contributed by atoms with E-state index in [0.717, 1.165) is 19.3 Å². The van der Waals surface area contributed by atoms with E-state index in [2.05, 4.69) is 13.8 Å². The third-order valence-corrected chi connectivity index (χ3v) is 3.36. The van der Waals surface area contributed by atoms with Crippen LogP contribution in [-0.2, 0) is 4.79 Å². The number of carbonyl (C=O) groups excluding carboxylic acids is 1. The number of nitrogens with two attached hydrogens (primary N) is 1. The molecule has 1 aliphatic carbocycles. The SMILES string of the molecule is CCC(CC)CC(=O)CC(N)C1CC1. The van der Waals surface area contributed by atoms with E-state index in [1.54, 1.807) is 0 Å². The van der Waals surface area contributed by atoms with Gasteiger partial charge in [0.2, 0.25) is 0 Å². The monoisotopic (exact) mass is 197 g/mol. The van der Waals surface area contributed by atoms with Crippen molar-refractivity contribution in [1.82, 2.24) is 0 Å². The summed E-state index contributed by atoms with van der Waals surface area (Å²) in [5.74, 6) is 1.60. The van der Waals surface area contributed by atoms with E-state index in [9.17, 15) is 4.79 Å². The lowest BCUT2D eigenvalue weighted by molar-refractivity contribution is -0.120. The van der Waals surface area contributed by atoms with Gasteiger partial charge in [-0.3, -0.25) is 4.79 Å². The second-order valence-electron chi connectivity index (χ2n) is 4.63. The van der Waals surface area contributed by atoms with E-state index < -0.39 is 0 Å². The maximum Gasteiger partial charge on any atom is 0.134 e. The molecule has 2 heteroatoms. The van der Waals surface area contributed by atoms with E-state index in [4.69, 9.17) is 5.73 Å². The molecule has 1 unspecified atom stereocenters. The topological polar surface area (TPSA) is 43.1 Å². The summed E-state index contributed by atoms with van der Waals surface area (Å²) in [4.78, 5) is 11.6. The van der Waals surface area contributed by atoms with Gasteiger partial charge in [0.15, 0.2) is 0 Å². The van der Waals surface area contributed by atoms with Crippen LogP contribution in [0, 0.1) is 11.8 Å². The van der Waals surface area contributed by atoms with Crippen LogP contribution in [0.4, 0.5) is 0 Å². The molecule has 0 aromatic carbocycles. The number of hydrogen-bond acceptors (Lipinski definition) is 2. The second kappa shape index (κ2) is 5.50. The van der Waals surface area contributed by atoms with Gasteiger partial charge in [-0.2, -0.15) is 0 Å². The molecule has 0 bridgehead atoms. The first-order chi connectivity index (χ1) is 6.67. The van der Waals surface area contributed by atoms with Crippen LogP contribution >= 0.6 is 0 Å². The molecule has 1 saturated carbocycles. The Morgan fingerprint density at radius 2 is 1.86 bits per heavy atom. The van der Waals surface area contributed by atoms with Crippen LogP contribution in [-0.4, -0.2) is 11.8 Å². The molecule has 2 nitrogen and oxygen atoms in total. The van der Waals surface area contributed by atoms with Crippen molar-refractivity contribution < 1.29 is 4.79 Å². The standard InChI is InChI=1S/C12H23NO/c1-3-9(4-2)7-11(14)8-12(13)10-5-6-10/h9-10,12H,3-8,13H2,1-2H3. The average molecular weight is 197 g/mol. The van der Waals surface area contributed by atoms with Crippen LogP contribution in [0.5, 0.6) is 0 Å². The Bertz CT molecular complexity index is 177. The van der Waals surface area contributed by atoms with Gasteiger partial charge in [-0.05, 0) is 24.7 Å². The first-order valence-corrected chi connectivity index (χ1v) is 5.94. The molecule has 1 aliphatic rings. The minimum absolute atomic E-state index is 0.150. The molecule has 0 amide bonds. The lowest BCUT2D eigenvalue weighted by Crippen LogP contribution is -2.26. The molecule has 0 heterocycles. The van der Waals surface area contributed by atoms with Crippen molar-refractivity contribution in [3.8, 4) is 0 Å². The molecule has 14 heavy (non-hydrogen) atoms. The smallest absolute Gasteiger partial charge is 0.134 e. The summed E-state index contributed by atoms with van der Waals surface area (Å²) in [7, 11) is 0. The largest absolute Gasteiger partial charge is 0.327 e. The van der Waals surface area contributed by atoms with Gasteiger partial charge in [0.1, 0.15) is 5.78 Å². The summed E-state index contributed by atoms with van der Waals surface area (Å²) in [5, 5.41) is 0. The number of rotatable bonds is 7. The van der Waals surface area contributed by atoms with Crippen LogP contribution in [0.15, 0.2) is 0 Å². The maximum absolute atomic E-state index is 11.6. The van der Waals surface area contributed by atoms with Crippen molar-refractivity contribution >= 4 is 5.78 Å². The zero-order valence-corrected chi connectivity index (χ0v) is 9.46. The first-order valence-electron chi connectivity index (χ1n) is 5.94. The molecular weight excluding hydrogens is 174 g/mol. The zero-order chi connectivity index (χ0) is 10.6. The lowest BCUT2D eigenvalue weighted by atomic mass is 9.93. The van der Waals surface area contributed by atoms with Gasteiger partial charge < -0.3 is 5.73 Å². The predicted octanol–water partition coefficient (Wildman–Crippen LogP) is 2.51. The number of hydrogen-bond donors (Lipinski definition) is 1. The summed E-state index contributed by atoms with van der Waals surface area (Å²) in [6.45, 7) is 4.31. The number of carbonyl (C=O) groups is 1. The maximum atomic E-state index is 11.6. The van der Waals surface area contributed by atoms with Gasteiger partial charge >= 0.3 is 0 Å². The highest BCUT2D eigenvalue weighted by Gasteiger charge is 2.29. The van der Waals surface area contributed by atoms with Gasteiger partial charge in [0.25, 0.3) is 0 Å². The van der Waals surface area contributed by atoms with E-state index in [0.29, 0.717) is 24.0 Å². The Kier molecular flexibility index (Phi) is 4.59. The molecule has 1 atom stereocenters. The molecule has 0 aromatic rings. The normalized spacial score (nSPS) is 18.6. The van der Waals surface area contributed by atoms with E-state index >= 15 is 0 Å². The van der Waals surface area contributed by atoms with Crippen molar-refractivity contribution in [3.63, 3.8) is 0 Å². The summed E-state index contributed by atoms with van der Waals surface area (Å²) in [6.07, 6.45) is 6.05. The summed E-state index contributed by atoms with van der Waals surface area (Å²) in [5.41, 5.74) is 5.92. The van der Waals surface area contributed by atoms with Crippen LogP contribution in [0.1, 0.15) is 52.4 Å². The molecule has 0 aromatic heterocycles. The average Bonchev–Trinajstić information content (AvgIpc) is 2.97. The Labute approximate surface area is 87.2 Å². The van der Waals surface area contributed by atoms with E-state index in [-0.39, 0.29) is 6.04 Å². The van der Waals surface area contributed by atoms with Gasteiger partial charge in [-0.1, -0.05) is 26.7 Å². The summed E-state index contributed by atoms with van der Waals surface area (Å²) >= 11 is 0. The second-order valence-corrected chi connectivity index (χ2v) is 4.63. The predicted molar refractivity (Wildman–Crippen MR) is 59.0 cm³/mol. The fourth-order valence-electron chi connectivity index (χ4n) is 1.94. The molecule has 0 spiro atoms. The summed E-state index contributed by atoms with van der Waals surface area (Å²) < 4.78 is 0. The van der Waals surface area contributed by atoms with Crippen molar-refractivity contribution in [3.05, 3.63) is 0 Å². The van der Waals surface area contributed by atoms with E-state index in [1.165, 1.54) is 12.8 Å². The van der Waals surface area contributed by atoms with Crippen LogP contribution in [0.25, 0.3) is 0 Å². The van der Waals surface area contributed by atoms with Crippen LogP contribution in [0.3, 0.4) is 0 Å². The zero-order valence-electron chi connectivity index (χ0n) is 9.46. The molecule has 0 saturated heterocycles. The van der Waals surface area contributed by atoms with Crippen molar-refractivity contribution in [2.24, 2.45) is 17.6 Å². The quantitative estimate of drug-likeness (QED) is 0.681. The molecule has 1 rings (SSSR count). The lowest BCUT2D eigenvalue weighted by Gasteiger charge is -2.13. The first kappa shape index (κ1) is 11.7. The van der Waals surface area contributed by atoms with E-state index in [1.807, 2.05) is 0 Å². The van der Waals surface area contributed by atoms with Crippen molar-refractivity contribution in [2.45, 2.75) is 58.4 Å². The Hall–Kier alpha value is -0.370. The highest BCUT2D eigenvalue weighted by Crippen LogP contribution is 2.33. The Morgan fingerprint density at radius 3 is 2.29 bits per heavy atom. The molecule has 0 radical (unpaired) electrons. The number of ketones is 1. The van der Waals surface area contributed by atoms with Crippen molar-refractivity contribution in [1.29, 1.82) is 0 Å². The van der Waals surface area contributed by atoms with Gasteiger partial charge in [-0.15, -0.1) is 0 Å². The van der Waals surface area contributed by atoms with Gasteiger partial charge in [0.05, 0.1) is 0 Å². The fraction of sp³-hybridized carbons (Fsp3) is 0.917. The third kappa shape index (κ3) is 3.79. The van der Waals surface area contributed by atoms with Crippen molar-refractivity contribution in [2.75, 3.05) is 0 Å². The van der Waals surface area contributed by atoms with Gasteiger partial charge in [-0.25, -0.2) is 0 Å². The molecule has 2 N–H and O–H groups in total. The minimum atomic E-state index is 0.150. The fourth-order valence-corrected chi connectivity index (χ4v) is 1.94. The van der Waals surface area contributed by atoms with Crippen LogP contribution in [0.2, 0.25) is 0 Å². The Balaban J connectivity index is 2.19. The highest BCUT2D eigenvalue weighted by atomic mass is 16.1. The summed E-state index contributed by atoms with van der Waals surface area (Å²) in [6, 6.07) is 0.150. The molecule has 1 fully saturated rings. The Morgan fingerprint density at radius 1 is 1.29 bits per heavy atom. The number of Topliss-reactive ketones (excluding diaryl/α,β-unsaturated/α-hetero) is 1. The van der Waals surface area contributed by atoms with Crippen LogP contribution < -0.4 is 5.73 Å². The molecule has 82 valence electrons. The molecule has 0 aliphatic heterocycles. The highest BCUT2D eigenvalue weighted by molar-refractivity contribution is 5.79.